The molecule has 0 aromatic rings. The van der Waals surface area contributed by atoms with Crippen LogP contribution in [0.5, 0.6) is 0 Å². The Morgan fingerprint density at radius 2 is 2.30 bits per heavy atom. The topological polar surface area (TPSA) is 23.5 Å². The third kappa shape index (κ3) is 1.97. The Bertz CT molecular complexity index is 132. The maximum absolute atomic E-state index is 8.66. The monoisotopic (exact) mass is 161 g/mol. The fourth-order valence-electron chi connectivity index (χ4n) is 1.16. The van der Waals surface area contributed by atoms with Crippen LogP contribution in [-0.4, -0.2) is 36.2 Å². The van der Waals surface area contributed by atoms with Gasteiger partial charge in [0.25, 0.3) is 0 Å². The summed E-state index contributed by atoms with van der Waals surface area (Å²) in [6.45, 7) is 6.57. The van der Waals surface area contributed by atoms with E-state index >= 15 is 0 Å². The summed E-state index contributed by atoms with van der Waals surface area (Å²) >= 11 is 5.58. The van der Waals surface area contributed by atoms with Gasteiger partial charge in [0, 0.05) is 37.2 Å². The molecule has 1 aliphatic heterocycles. The highest BCUT2D eigenvalue weighted by Gasteiger charge is 2.25. The fourth-order valence-corrected chi connectivity index (χ4v) is 1.33. The molecular weight excluding hydrogens is 150 g/mol. The van der Waals surface area contributed by atoms with Gasteiger partial charge in [-0.2, -0.15) is 0 Å². The first kappa shape index (κ1) is 8.05. The van der Waals surface area contributed by atoms with Crippen LogP contribution in [0.3, 0.4) is 0 Å². The molecule has 1 N–H and O–H groups in total. The minimum absolute atomic E-state index is 0.297. The van der Waals surface area contributed by atoms with Crippen LogP contribution >= 0.6 is 11.6 Å². The van der Waals surface area contributed by atoms with E-state index in [-0.39, 0.29) is 0 Å². The largest absolute Gasteiger partial charge is 0.396 e. The number of halogens is 1. The Morgan fingerprint density at radius 3 is 2.70 bits per heavy atom. The molecule has 1 rings (SSSR count). The second-order valence-corrected chi connectivity index (χ2v) is 3.29. The SMILES string of the molecule is C=C(Cl)CN1CC(CO)C1. The molecule has 0 aliphatic carbocycles. The smallest absolute Gasteiger partial charge is 0.0483 e. The van der Waals surface area contributed by atoms with E-state index in [0.29, 0.717) is 17.6 Å². The van der Waals surface area contributed by atoms with Gasteiger partial charge in [-0.3, -0.25) is 4.90 Å². The molecule has 0 radical (unpaired) electrons. The highest BCUT2D eigenvalue weighted by Crippen LogP contribution is 2.16. The number of hydrogen-bond donors (Lipinski definition) is 1. The molecule has 1 heterocycles. The zero-order chi connectivity index (χ0) is 7.56. The molecule has 3 heteroatoms. The summed E-state index contributed by atoms with van der Waals surface area (Å²) in [4.78, 5) is 2.16. The Labute approximate surface area is 66.1 Å². The summed E-state index contributed by atoms with van der Waals surface area (Å²) in [5, 5.41) is 9.33. The van der Waals surface area contributed by atoms with Gasteiger partial charge in [-0.1, -0.05) is 18.2 Å². The molecule has 0 saturated carbocycles. The van der Waals surface area contributed by atoms with Crippen molar-refractivity contribution in [1.29, 1.82) is 0 Å². The molecule has 0 aromatic carbocycles. The Hall–Kier alpha value is -0.0500. The van der Waals surface area contributed by atoms with E-state index in [9.17, 15) is 0 Å². The van der Waals surface area contributed by atoms with Crippen LogP contribution < -0.4 is 0 Å². The fraction of sp³-hybridized carbons (Fsp3) is 0.714. The van der Waals surface area contributed by atoms with E-state index in [1.54, 1.807) is 0 Å². The third-order valence-electron chi connectivity index (χ3n) is 1.69. The van der Waals surface area contributed by atoms with Gasteiger partial charge < -0.3 is 5.11 Å². The molecule has 2 nitrogen and oxygen atoms in total. The number of aliphatic hydroxyl groups excluding tert-OH is 1. The lowest BCUT2D eigenvalue weighted by Gasteiger charge is -2.37. The molecule has 0 bridgehead atoms. The number of aliphatic hydroxyl groups is 1. The Kier molecular flexibility index (Phi) is 2.72. The summed E-state index contributed by atoms with van der Waals surface area (Å²) in [6.07, 6.45) is 0. The predicted molar refractivity (Wildman–Crippen MR) is 42.0 cm³/mol. The van der Waals surface area contributed by atoms with E-state index in [0.717, 1.165) is 19.6 Å². The Balaban J connectivity index is 2.08. The van der Waals surface area contributed by atoms with Gasteiger partial charge in [0.1, 0.15) is 0 Å². The first-order chi connectivity index (χ1) is 4.72. The lowest BCUT2D eigenvalue weighted by molar-refractivity contribution is 0.0631. The zero-order valence-electron chi connectivity index (χ0n) is 5.89. The maximum Gasteiger partial charge on any atom is 0.0483 e. The normalized spacial score (nSPS) is 20.6. The van der Waals surface area contributed by atoms with E-state index in [1.165, 1.54) is 0 Å². The maximum atomic E-state index is 8.66. The zero-order valence-corrected chi connectivity index (χ0v) is 6.64. The molecule has 58 valence electrons. The van der Waals surface area contributed by atoms with Gasteiger partial charge >= 0.3 is 0 Å². The van der Waals surface area contributed by atoms with Gasteiger partial charge in [0.2, 0.25) is 0 Å². The van der Waals surface area contributed by atoms with Crippen molar-refractivity contribution < 1.29 is 5.11 Å². The van der Waals surface area contributed by atoms with Crippen molar-refractivity contribution in [2.45, 2.75) is 0 Å². The van der Waals surface area contributed by atoms with Gasteiger partial charge in [-0.05, 0) is 0 Å². The van der Waals surface area contributed by atoms with Crippen molar-refractivity contribution in [2.75, 3.05) is 26.2 Å². The van der Waals surface area contributed by atoms with Gasteiger partial charge in [0.15, 0.2) is 0 Å². The number of hydrogen-bond acceptors (Lipinski definition) is 2. The predicted octanol–water partition coefficient (Wildman–Crippen LogP) is 0.663. The molecule has 10 heavy (non-hydrogen) atoms. The van der Waals surface area contributed by atoms with Crippen molar-refractivity contribution >= 4 is 11.6 Å². The van der Waals surface area contributed by atoms with Gasteiger partial charge in [0.05, 0.1) is 0 Å². The summed E-state index contributed by atoms with van der Waals surface area (Å²) in [6, 6.07) is 0. The highest BCUT2D eigenvalue weighted by molar-refractivity contribution is 6.29. The van der Waals surface area contributed by atoms with Crippen LogP contribution in [-0.2, 0) is 0 Å². The molecular formula is C7H12ClNO. The van der Waals surface area contributed by atoms with Crippen LogP contribution in [0.1, 0.15) is 0 Å². The second kappa shape index (κ2) is 3.37. The van der Waals surface area contributed by atoms with E-state index < -0.39 is 0 Å². The molecule has 0 spiro atoms. The summed E-state index contributed by atoms with van der Waals surface area (Å²) < 4.78 is 0. The average Bonchev–Trinajstić information content (AvgIpc) is 1.76. The van der Waals surface area contributed by atoms with Crippen LogP contribution in [0.15, 0.2) is 11.6 Å². The summed E-state index contributed by atoms with van der Waals surface area (Å²) in [5.74, 6) is 0.469. The minimum Gasteiger partial charge on any atom is -0.396 e. The standard InChI is InChI=1S/C7H12ClNO/c1-6(8)2-9-3-7(4-9)5-10/h7,10H,1-5H2. The summed E-state index contributed by atoms with van der Waals surface area (Å²) in [5.41, 5.74) is 0. The second-order valence-electron chi connectivity index (χ2n) is 2.76. The molecule has 1 saturated heterocycles. The van der Waals surface area contributed by atoms with Crippen LogP contribution in [0.4, 0.5) is 0 Å². The van der Waals surface area contributed by atoms with E-state index in [4.69, 9.17) is 16.7 Å². The molecule has 1 fully saturated rings. The number of nitrogens with zero attached hydrogens (tertiary/aromatic N) is 1. The van der Waals surface area contributed by atoms with Crippen molar-refractivity contribution in [1.82, 2.24) is 4.90 Å². The van der Waals surface area contributed by atoms with Crippen molar-refractivity contribution in [3.05, 3.63) is 11.6 Å². The van der Waals surface area contributed by atoms with Crippen LogP contribution in [0.2, 0.25) is 0 Å². The Morgan fingerprint density at radius 1 is 1.70 bits per heavy atom. The highest BCUT2D eigenvalue weighted by atomic mass is 35.5. The molecule has 1 aliphatic rings. The van der Waals surface area contributed by atoms with Gasteiger partial charge in [-0.25, -0.2) is 0 Å². The molecule has 0 aromatic heterocycles. The third-order valence-corrected chi connectivity index (χ3v) is 1.81. The average molecular weight is 162 g/mol. The molecule has 0 amide bonds. The van der Waals surface area contributed by atoms with Crippen LogP contribution in [0.25, 0.3) is 0 Å². The number of rotatable bonds is 3. The first-order valence-electron chi connectivity index (χ1n) is 3.39. The van der Waals surface area contributed by atoms with Crippen molar-refractivity contribution in [3.8, 4) is 0 Å². The molecule has 0 atom stereocenters. The van der Waals surface area contributed by atoms with Crippen molar-refractivity contribution in [2.24, 2.45) is 5.92 Å². The van der Waals surface area contributed by atoms with Gasteiger partial charge in [-0.15, -0.1) is 0 Å². The minimum atomic E-state index is 0.297. The molecule has 0 unspecified atom stereocenters. The number of likely N-dealkylation sites (tertiary alicyclic amines) is 1. The summed E-state index contributed by atoms with van der Waals surface area (Å²) in [7, 11) is 0. The first-order valence-corrected chi connectivity index (χ1v) is 3.76. The lowest BCUT2D eigenvalue weighted by atomic mass is 10.0. The lowest BCUT2D eigenvalue weighted by Crippen LogP contribution is -2.48. The quantitative estimate of drug-likeness (QED) is 0.658. The van der Waals surface area contributed by atoms with Crippen LogP contribution in [0, 0.1) is 5.92 Å². The van der Waals surface area contributed by atoms with E-state index in [1.807, 2.05) is 0 Å². The van der Waals surface area contributed by atoms with Crippen molar-refractivity contribution in [3.63, 3.8) is 0 Å². The van der Waals surface area contributed by atoms with E-state index in [2.05, 4.69) is 11.5 Å².